The Bertz CT molecular complexity index is 734. The van der Waals surface area contributed by atoms with Gasteiger partial charge in [0.25, 0.3) is 0 Å². The number of carbonyl (C=O) groups excluding carboxylic acids is 1. The molecular formula is C19H25N5O. The van der Waals surface area contributed by atoms with Gasteiger partial charge in [-0.15, -0.1) is 10.2 Å². The van der Waals surface area contributed by atoms with Crippen molar-refractivity contribution in [2.75, 3.05) is 0 Å². The van der Waals surface area contributed by atoms with Crippen molar-refractivity contribution in [2.24, 2.45) is 0 Å². The van der Waals surface area contributed by atoms with E-state index in [9.17, 15) is 4.79 Å². The molecule has 1 aliphatic carbocycles. The molecule has 2 amide bonds. The average molecular weight is 339 g/mol. The lowest BCUT2D eigenvalue weighted by atomic mass is 9.76. The number of amides is 2. The second kappa shape index (κ2) is 6.86. The first kappa shape index (κ1) is 16.1. The number of nitrogens with one attached hydrogen (secondary N) is 2. The zero-order valence-corrected chi connectivity index (χ0v) is 14.5. The highest BCUT2D eigenvalue weighted by Gasteiger charge is 2.35. The van der Waals surface area contributed by atoms with Gasteiger partial charge in [-0.1, -0.05) is 49.6 Å². The first-order valence-corrected chi connectivity index (χ1v) is 9.29. The largest absolute Gasteiger partial charge is 0.331 e. The summed E-state index contributed by atoms with van der Waals surface area (Å²) in [5.74, 6) is 1.88. The van der Waals surface area contributed by atoms with Gasteiger partial charge in [-0.2, -0.15) is 0 Å². The third-order valence-electron chi connectivity index (χ3n) is 5.48. The molecule has 0 radical (unpaired) electrons. The smallest absolute Gasteiger partial charge is 0.315 e. The molecule has 0 unspecified atom stereocenters. The van der Waals surface area contributed by atoms with Crippen LogP contribution in [0.25, 0.3) is 0 Å². The molecule has 1 saturated carbocycles. The Morgan fingerprint density at radius 2 is 1.88 bits per heavy atom. The fourth-order valence-corrected chi connectivity index (χ4v) is 4.16. The van der Waals surface area contributed by atoms with Gasteiger partial charge in [-0.25, -0.2) is 4.79 Å². The van der Waals surface area contributed by atoms with E-state index in [0.717, 1.165) is 56.7 Å². The highest BCUT2D eigenvalue weighted by molar-refractivity contribution is 5.75. The molecule has 0 atom stereocenters. The Morgan fingerprint density at radius 1 is 1.08 bits per heavy atom. The van der Waals surface area contributed by atoms with Crippen LogP contribution in [0.4, 0.5) is 4.79 Å². The maximum Gasteiger partial charge on any atom is 0.315 e. The molecule has 6 heteroatoms. The summed E-state index contributed by atoms with van der Waals surface area (Å²) in [6.45, 7) is 1.37. The number of fused-ring (bicyclic) bond motifs is 1. The molecule has 0 saturated heterocycles. The number of hydrogen-bond donors (Lipinski definition) is 2. The second-order valence-electron chi connectivity index (χ2n) is 7.10. The van der Waals surface area contributed by atoms with Crippen LogP contribution in [0, 0.1) is 0 Å². The van der Waals surface area contributed by atoms with Gasteiger partial charge >= 0.3 is 6.03 Å². The molecule has 0 bridgehead atoms. The Labute approximate surface area is 148 Å². The fraction of sp³-hybridized carbons (Fsp3) is 0.526. The lowest BCUT2D eigenvalue weighted by Gasteiger charge is -2.38. The Hall–Kier alpha value is -2.37. The molecule has 6 nitrogen and oxygen atoms in total. The van der Waals surface area contributed by atoms with E-state index in [1.54, 1.807) is 0 Å². The van der Waals surface area contributed by atoms with E-state index >= 15 is 0 Å². The molecule has 1 fully saturated rings. The summed E-state index contributed by atoms with van der Waals surface area (Å²) in [7, 11) is 0. The Kier molecular flexibility index (Phi) is 4.42. The van der Waals surface area contributed by atoms with Gasteiger partial charge in [0, 0.05) is 13.0 Å². The second-order valence-corrected chi connectivity index (χ2v) is 7.10. The lowest BCUT2D eigenvalue weighted by molar-refractivity contribution is 0.202. The normalized spacial score (nSPS) is 18.6. The van der Waals surface area contributed by atoms with Gasteiger partial charge in [-0.05, 0) is 24.8 Å². The van der Waals surface area contributed by atoms with Crippen molar-refractivity contribution >= 4 is 6.03 Å². The minimum absolute atomic E-state index is 0.124. The SMILES string of the molecule is O=C(NCc1nnc2n1CCC2)NC1(c2ccccc2)CCCCC1. The van der Waals surface area contributed by atoms with Crippen LogP contribution in [0.2, 0.25) is 0 Å². The predicted octanol–water partition coefficient (Wildman–Crippen LogP) is 2.88. The molecule has 25 heavy (non-hydrogen) atoms. The third kappa shape index (κ3) is 3.25. The van der Waals surface area contributed by atoms with Crippen LogP contribution in [-0.2, 0) is 25.0 Å². The lowest BCUT2D eigenvalue weighted by Crippen LogP contribution is -2.51. The summed E-state index contributed by atoms with van der Waals surface area (Å²) in [6.07, 6.45) is 7.61. The molecule has 4 rings (SSSR count). The molecule has 1 aromatic carbocycles. The monoisotopic (exact) mass is 339 g/mol. The number of benzene rings is 1. The maximum atomic E-state index is 12.6. The minimum atomic E-state index is -0.254. The molecule has 2 N–H and O–H groups in total. The maximum absolute atomic E-state index is 12.6. The van der Waals surface area contributed by atoms with E-state index in [-0.39, 0.29) is 11.6 Å². The number of carbonyl (C=O) groups is 1. The quantitative estimate of drug-likeness (QED) is 0.900. The predicted molar refractivity (Wildman–Crippen MR) is 94.9 cm³/mol. The molecule has 132 valence electrons. The van der Waals surface area contributed by atoms with E-state index in [4.69, 9.17) is 0 Å². The van der Waals surface area contributed by atoms with Crippen molar-refractivity contribution in [1.82, 2.24) is 25.4 Å². The van der Waals surface area contributed by atoms with Crippen molar-refractivity contribution in [3.63, 3.8) is 0 Å². The number of aryl methyl sites for hydroxylation is 1. The zero-order chi connectivity index (χ0) is 17.1. The highest BCUT2D eigenvalue weighted by atomic mass is 16.2. The fourth-order valence-electron chi connectivity index (χ4n) is 4.16. The first-order chi connectivity index (χ1) is 12.3. The van der Waals surface area contributed by atoms with E-state index in [0.29, 0.717) is 6.54 Å². The average Bonchev–Trinajstić information content (AvgIpc) is 3.26. The summed E-state index contributed by atoms with van der Waals surface area (Å²) < 4.78 is 2.12. The molecule has 2 heterocycles. The van der Waals surface area contributed by atoms with Crippen molar-refractivity contribution in [1.29, 1.82) is 0 Å². The van der Waals surface area contributed by atoms with Crippen molar-refractivity contribution < 1.29 is 4.79 Å². The van der Waals surface area contributed by atoms with Crippen LogP contribution in [0.15, 0.2) is 30.3 Å². The molecule has 1 aliphatic heterocycles. The summed E-state index contributed by atoms with van der Waals surface area (Å²) in [6, 6.07) is 10.2. The number of rotatable bonds is 4. The van der Waals surface area contributed by atoms with Crippen molar-refractivity contribution in [2.45, 2.75) is 63.6 Å². The summed E-state index contributed by atoms with van der Waals surface area (Å²) in [4.78, 5) is 12.6. The molecular weight excluding hydrogens is 314 g/mol. The van der Waals surface area contributed by atoms with E-state index < -0.39 is 0 Å². The van der Waals surface area contributed by atoms with Crippen LogP contribution >= 0.6 is 0 Å². The van der Waals surface area contributed by atoms with Gasteiger partial charge in [0.2, 0.25) is 0 Å². The topological polar surface area (TPSA) is 71.8 Å². The summed E-state index contributed by atoms with van der Waals surface area (Å²) >= 11 is 0. The molecule has 1 aromatic heterocycles. The van der Waals surface area contributed by atoms with Crippen LogP contribution in [0.3, 0.4) is 0 Å². The third-order valence-corrected chi connectivity index (χ3v) is 5.48. The van der Waals surface area contributed by atoms with Gasteiger partial charge in [0.1, 0.15) is 5.82 Å². The van der Waals surface area contributed by atoms with Gasteiger partial charge in [-0.3, -0.25) is 0 Å². The van der Waals surface area contributed by atoms with Gasteiger partial charge in [0.15, 0.2) is 5.82 Å². The summed E-state index contributed by atoms with van der Waals surface area (Å²) in [5.41, 5.74) is 0.948. The number of hydrogen-bond acceptors (Lipinski definition) is 3. The first-order valence-electron chi connectivity index (χ1n) is 9.29. The van der Waals surface area contributed by atoms with Crippen LogP contribution in [-0.4, -0.2) is 20.8 Å². The Balaban J connectivity index is 1.44. The molecule has 0 spiro atoms. The summed E-state index contributed by atoms with van der Waals surface area (Å²) in [5, 5.41) is 14.6. The highest BCUT2D eigenvalue weighted by Crippen LogP contribution is 2.36. The van der Waals surface area contributed by atoms with Crippen molar-refractivity contribution in [3.8, 4) is 0 Å². The Morgan fingerprint density at radius 3 is 2.68 bits per heavy atom. The zero-order valence-electron chi connectivity index (χ0n) is 14.5. The standard InChI is InChI=1S/C19H25N5O/c25-18(20-14-17-23-22-16-10-7-13-24(16)17)21-19(11-5-2-6-12-19)15-8-3-1-4-9-15/h1,3-4,8-9H,2,5-7,10-14H2,(H2,20,21,25). The van der Waals surface area contributed by atoms with E-state index in [1.165, 1.54) is 12.0 Å². The van der Waals surface area contributed by atoms with Gasteiger partial charge < -0.3 is 15.2 Å². The minimum Gasteiger partial charge on any atom is -0.331 e. The van der Waals surface area contributed by atoms with E-state index in [1.807, 2.05) is 18.2 Å². The molecule has 2 aromatic rings. The number of urea groups is 1. The molecule has 2 aliphatic rings. The van der Waals surface area contributed by atoms with E-state index in [2.05, 4.69) is 37.5 Å². The number of nitrogens with zero attached hydrogens (tertiary/aromatic N) is 3. The number of aromatic nitrogens is 3. The van der Waals surface area contributed by atoms with Crippen molar-refractivity contribution in [3.05, 3.63) is 47.5 Å². The van der Waals surface area contributed by atoms with Gasteiger partial charge in [0.05, 0.1) is 12.1 Å². The van der Waals surface area contributed by atoms with Crippen LogP contribution in [0.5, 0.6) is 0 Å². The van der Waals surface area contributed by atoms with Crippen LogP contribution < -0.4 is 10.6 Å². The van der Waals surface area contributed by atoms with Crippen LogP contribution in [0.1, 0.15) is 55.7 Å².